The van der Waals surface area contributed by atoms with Crippen LogP contribution >= 0.6 is 0 Å². The van der Waals surface area contributed by atoms with Crippen LogP contribution in [0.4, 0.5) is 0 Å². The molecule has 1 aromatic rings. The fraction of sp³-hybridized carbons (Fsp3) is 0.857. The highest BCUT2D eigenvalue weighted by molar-refractivity contribution is 5.06. The van der Waals surface area contributed by atoms with Gasteiger partial charge in [-0.2, -0.15) is 4.98 Å². The average molecular weight is 249 g/mol. The molecule has 0 spiro atoms. The average Bonchev–Trinajstić information content (AvgIpc) is 3.03. The molecule has 2 saturated carbocycles. The SMILES string of the molecule is CC(C)C(N)Cc1nc(C2CC3CCC2C3)no1. The summed E-state index contributed by atoms with van der Waals surface area (Å²) >= 11 is 0. The number of rotatable bonds is 4. The number of hydrogen-bond acceptors (Lipinski definition) is 4. The molecule has 0 amide bonds. The van der Waals surface area contributed by atoms with Crippen LogP contribution in [0.2, 0.25) is 0 Å². The molecule has 2 bridgehead atoms. The van der Waals surface area contributed by atoms with Crippen molar-refractivity contribution in [1.82, 2.24) is 10.1 Å². The van der Waals surface area contributed by atoms with Gasteiger partial charge in [0, 0.05) is 18.4 Å². The molecule has 4 nitrogen and oxygen atoms in total. The second-order valence-electron chi connectivity index (χ2n) is 6.44. The summed E-state index contributed by atoms with van der Waals surface area (Å²) in [4.78, 5) is 4.58. The summed E-state index contributed by atoms with van der Waals surface area (Å²) in [5.74, 6) is 4.38. The Hall–Kier alpha value is -0.900. The number of nitrogens with zero attached hydrogens (tertiary/aromatic N) is 2. The van der Waals surface area contributed by atoms with Crippen molar-refractivity contribution in [2.45, 2.75) is 57.9 Å². The minimum atomic E-state index is 0.110. The first-order chi connectivity index (χ1) is 8.63. The van der Waals surface area contributed by atoms with E-state index in [9.17, 15) is 0 Å². The molecular weight excluding hydrogens is 226 g/mol. The van der Waals surface area contributed by atoms with Crippen LogP contribution in [0.1, 0.15) is 57.2 Å². The predicted molar refractivity (Wildman–Crippen MR) is 69.0 cm³/mol. The molecule has 0 aliphatic heterocycles. The number of nitrogens with two attached hydrogens (primary N) is 1. The maximum atomic E-state index is 6.04. The Bertz CT molecular complexity index is 415. The van der Waals surface area contributed by atoms with Crippen LogP contribution in [-0.4, -0.2) is 16.2 Å². The second kappa shape index (κ2) is 4.65. The third-order valence-corrected chi connectivity index (χ3v) is 4.82. The monoisotopic (exact) mass is 249 g/mol. The Labute approximate surface area is 108 Å². The normalized spacial score (nSPS) is 32.3. The van der Waals surface area contributed by atoms with E-state index in [1.54, 1.807) is 0 Å². The Morgan fingerprint density at radius 3 is 2.78 bits per heavy atom. The highest BCUT2D eigenvalue weighted by Gasteiger charge is 2.42. The van der Waals surface area contributed by atoms with Crippen LogP contribution < -0.4 is 5.73 Å². The van der Waals surface area contributed by atoms with Crippen LogP contribution in [0, 0.1) is 17.8 Å². The van der Waals surface area contributed by atoms with Crippen molar-refractivity contribution in [3.05, 3.63) is 11.7 Å². The molecule has 4 atom stereocenters. The van der Waals surface area contributed by atoms with E-state index in [0.717, 1.165) is 17.7 Å². The van der Waals surface area contributed by atoms with Gasteiger partial charge in [-0.3, -0.25) is 0 Å². The number of fused-ring (bicyclic) bond motifs is 2. The molecule has 2 aliphatic carbocycles. The van der Waals surface area contributed by atoms with Crippen molar-refractivity contribution >= 4 is 0 Å². The zero-order chi connectivity index (χ0) is 12.7. The molecule has 18 heavy (non-hydrogen) atoms. The first kappa shape index (κ1) is 12.2. The van der Waals surface area contributed by atoms with E-state index in [1.165, 1.54) is 25.7 Å². The summed E-state index contributed by atoms with van der Waals surface area (Å²) in [6.07, 6.45) is 6.10. The zero-order valence-corrected chi connectivity index (χ0v) is 11.3. The van der Waals surface area contributed by atoms with Crippen molar-refractivity contribution in [3.63, 3.8) is 0 Å². The molecule has 2 fully saturated rings. The van der Waals surface area contributed by atoms with Crippen molar-refractivity contribution in [2.24, 2.45) is 23.5 Å². The lowest BCUT2D eigenvalue weighted by molar-refractivity contribution is 0.337. The molecule has 1 aromatic heterocycles. The van der Waals surface area contributed by atoms with Crippen LogP contribution in [0.5, 0.6) is 0 Å². The summed E-state index contributed by atoms with van der Waals surface area (Å²) < 4.78 is 5.36. The first-order valence-corrected chi connectivity index (χ1v) is 7.21. The molecule has 4 unspecified atom stereocenters. The van der Waals surface area contributed by atoms with E-state index in [1.807, 2.05) is 0 Å². The van der Waals surface area contributed by atoms with E-state index < -0.39 is 0 Å². The van der Waals surface area contributed by atoms with Crippen molar-refractivity contribution in [1.29, 1.82) is 0 Å². The number of hydrogen-bond donors (Lipinski definition) is 1. The molecule has 0 saturated heterocycles. The van der Waals surface area contributed by atoms with E-state index in [4.69, 9.17) is 10.3 Å². The quantitative estimate of drug-likeness (QED) is 0.890. The predicted octanol–water partition coefficient (Wildman–Crippen LogP) is 2.50. The molecule has 3 rings (SSSR count). The van der Waals surface area contributed by atoms with Crippen LogP contribution in [0.25, 0.3) is 0 Å². The fourth-order valence-corrected chi connectivity index (χ4v) is 3.50. The highest BCUT2D eigenvalue weighted by atomic mass is 16.5. The highest BCUT2D eigenvalue weighted by Crippen LogP contribution is 2.52. The molecule has 0 radical (unpaired) electrons. The Kier molecular flexibility index (Phi) is 3.14. The summed E-state index contributed by atoms with van der Waals surface area (Å²) in [6, 6.07) is 0.110. The second-order valence-corrected chi connectivity index (χ2v) is 6.44. The molecule has 0 aromatic carbocycles. The van der Waals surface area contributed by atoms with Gasteiger partial charge in [0.2, 0.25) is 5.89 Å². The maximum Gasteiger partial charge on any atom is 0.228 e. The van der Waals surface area contributed by atoms with Gasteiger partial charge in [-0.05, 0) is 37.0 Å². The van der Waals surface area contributed by atoms with Gasteiger partial charge in [0.25, 0.3) is 0 Å². The molecule has 2 N–H and O–H groups in total. The zero-order valence-electron chi connectivity index (χ0n) is 11.3. The number of aromatic nitrogens is 2. The Balaban J connectivity index is 1.66. The van der Waals surface area contributed by atoms with Gasteiger partial charge in [0.05, 0.1) is 0 Å². The largest absolute Gasteiger partial charge is 0.339 e. The molecule has 100 valence electrons. The summed E-state index contributed by atoms with van der Waals surface area (Å²) in [5.41, 5.74) is 6.04. The lowest BCUT2D eigenvalue weighted by Crippen LogP contribution is -2.28. The summed E-state index contributed by atoms with van der Waals surface area (Å²) in [6.45, 7) is 4.25. The third-order valence-electron chi connectivity index (χ3n) is 4.82. The first-order valence-electron chi connectivity index (χ1n) is 7.21. The minimum absolute atomic E-state index is 0.110. The van der Waals surface area contributed by atoms with E-state index in [2.05, 4.69) is 24.0 Å². The van der Waals surface area contributed by atoms with Gasteiger partial charge < -0.3 is 10.3 Å². The van der Waals surface area contributed by atoms with E-state index >= 15 is 0 Å². The molecule has 4 heteroatoms. The Morgan fingerprint density at radius 1 is 1.33 bits per heavy atom. The third kappa shape index (κ3) is 2.18. The van der Waals surface area contributed by atoms with Crippen LogP contribution in [-0.2, 0) is 6.42 Å². The van der Waals surface area contributed by atoms with E-state index in [0.29, 0.717) is 24.1 Å². The van der Waals surface area contributed by atoms with Gasteiger partial charge >= 0.3 is 0 Å². The van der Waals surface area contributed by atoms with Crippen LogP contribution in [0.15, 0.2) is 4.52 Å². The molecule has 1 heterocycles. The lowest BCUT2D eigenvalue weighted by Gasteiger charge is -2.17. The van der Waals surface area contributed by atoms with Gasteiger partial charge in [0.15, 0.2) is 5.82 Å². The van der Waals surface area contributed by atoms with Gasteiger partial charge in [-0.15, -0.1) is 0 Å². The van der Waals surface area contributed by atoms with Crippen molar-refractivity contribution < 1.29 is 4.52 Å². The van der Waals surface area contributed by atoms with E-state index in [-0.39, 0.29) is 6.04 Å². The van der Waals surface area contributed by atoms with Crippen molar-refractivity contribution in [3.8, 4) is 0 Å². The topological polar surface area (TPSA) is 64.9 Å². The van der Waals surface area contributed by atoms with Crippen LogP contribution in [0.3, 0.4) is 0 Å². The standard InChI is InChI=1S/C14H23N3O/c1-8(2)12(15)7-13-16-14(17-18-13)11-6-9-3-4-10(11)5-9/h8-12H,3-7,15H2,1-2H3. The maximum absolute atomic E-state index is 6.04. The molecular formula is C14H23N3O. The van der Waals surface area contributed by atoms with Gasteiger partial charge in [-0.25, -0.2) is 0 Å². The Morgan fingerprint density at radius 2 is 2.17 bits per heavy atom. The lowest BCUT2D eigenvalue weighted by atomic mass is 9.88. The summed E-state index contributed by atoms with van der Waals surface area (Å²) in [5, 5.41) is 4.19. The molecule has 2 aliphatic rings. The fourth-order valence-electron chi connectivity index (χ4n) is 3.50. The minimum Gasteiger partial charge on any atom is -0.339 e. The van der Waals surface area contributed by atoms with Gasteiger partial charge in [0.1, 0.15) is 0 Å². The van der Waals surface area contributed by atoms with Gasteiger partial charge in [-0.1, -0.05) is 25.4 Å². The van der Waals surface area contributed by atoms with Crippen molar-refractivity contribution in [2.75, 3.05) is 0 Å². The smallest absolute Gasteiger partial charge is 0.228 e. The summed E-state index contributed by atoms with van der Waals surface area (Å²) in [7, 11) is 0.